The second-order valence-electron chi connectivity index (χ2n) is 5.24. The Kier molecular flexibility index (Phi) is 4.88. The molecule has 1 fully saturated rings. The topological polar surface area (TPSA) is 80.2 Å². The standard InChI is InChI=1S/C13H19N3O3S2/c1-9-6-12(15-10(2)14-9)20-7-13(17)16(3)11-4-5-21(18,19)8-11/h6,11H,4-5,7-8H2,1-3H3. The number of sulfone groups is 1. The zero-order valence-electron chi connectivity index (χ0n) is 12.4. The maximum Gasteiger partial charge on any atom is 0.233 e. The van der Waals surface area contributed by atoms with E-state index in [9.17, 15) is 13.2 Å². The molecule has 8 heteroatoms. The highest BCUT2D eigenvalue weighted by atomic mass is 32.2. The second kappa shape index (κ2) is 6.31. The van der Waals surface area contributed by atoms with E-state index in [1.165, 1.54) is 11.8 Å². The number of rotatable bonds is 4. The van der Waals surface area contributed by atoms with Crippen molar-refractivity contribution in [2.75, 3.05) is 24.3 Å². The number of hydrogen-bond acceptors (Lipinski definition) is 6. The number of thioether (sulfide) groups is 1. The van der Waals surface area contributed by atoms with Crippen LogP contribution in [0.5, 0.6) is 0 Å². The van der Waals surface area contributed by atoms with Crippen molar-refractivity contribution in [1.29, 1.82) is 0 Å². The van der Waals surface area contributed by atoms with Gasteiger partial charge in [0.05, 0.1) is 17.3 Å². The van der Waals surface area contributed by atoms with Crippen molar-refractivity contribution in [2.45, 2.75) is 31.3 Å². The highest BCUT2D eigenvalue weighted by Crippen LogP contribution is 2.20. The van der Waals surface area contributed by atoms with Gasteiger partial charge < -0.3 is 4.90 Å². The predicted molar refractivity (Wildman–Crippen MR) is 82.1 cm³/mol. The molecule has 0 radical (unpaired) electrons. The third-order valence-corrected chi connectivity index (χ3v) is 6.08. The molecule has 1 amide bonds. The number of carbonyl (C=O) groups is 1. The van der Waals surface area contributed by atoms with E-state index in [4.69, 9.17) is 0 Å². The molecule has 2 rings (SSSR count). The Balaban J connectivity index is 1.92. The Hall–Kier alpha value is -1.15. The summed E-state index contributed by atoms with van der Waals surface area (Å²) in [5.41, 5.74) is 0.868. The van der Waals surface area contributed by atoms with Gasteiger partial charge in [-0.25, -0.2) is 18.4 Å². The van der Waals surface area contributed by atoms with E-state index in [2.05, 4.69) is 9.97 Å². The van der Waals surface area contributed by atoms with Gasteiger partial charge in [-0.2, -0.15) is 0 Å². The molecule has 0 saturated carbocycles. The Morgan fingerprint density at radius 2 is 2.14 bits per heavy atom. The van der Waals surface area contributed by atoms with E-state index in [1.807, 2.05) is 19.9 Å². The van der Waals surface area contributed by atoms with Crippen molar-refractivity contribution in [1.82, 2.24) is 14.9 Å². The van der Waals surface area contributed by atoms with Crippen molar-refractivity contribution in [2.24, 2.45) is 0 Å². The minimum Gasteiger partial charge on any atom is -0.341 e. The number of aryl methyl sites for hydroxylation is 2. The van der Waals surface area contributed by atoms with Gasteiger partial charge in [0.1, 0.15) is 10.9 Å². The molecule has 1 atom stereocenters. The summed E-state index contributed by atoms with van der Waals surface area (Å²) in [5.74, 6) is 1.11. The first-order chi connectivity index (χ1) is 9.77. The minimum absolute atomic E-state index is 0.0731. The van der Waals surface area contributed by atoms with Crippen LogP contribution in [0.3, 0.4) is 0 Å². The van der Waals surface area contributed by atoms with Gasteiger partial charge in [0.2, 0.25) is 5.91 Å². The molecule has 1 unspecified atom stereocenters. The van der Waals surface area contributed by atoms with E-state index in [0.717, 1.165) is 10.7 Å². The minimum atomic E-state index is -2.97. The molecular weight excluding hydrogens is 310 g/mol. The first kappa shape index (κ1) is 16.2. The van der Waals surface area contributed by atoms with Crippen LogP contribution in [-0.4, -0.2) is 59.5 Å². The fraction of sp³-hybridized carbons (Fsp3) is 0.615. The Morgan fingerprint density at radius 3 is 2.71 bits per heavy atom. The van der Waals surface area contributed by atoms with E-state index in [-0.39, 0.29) is 29.2 Å². The van der Waals surface area contributed by atoms with Crippen LogP contribution in [0, 0.1) is 13.8 Å². The highest BCUT2D eigenvalue weighted by Gasteiger charge is 2.32. The van der Waals surface area contributed by atoms with Crippen molar-refractivity contribution < 1.29 is 13.2 Å². The van der Waals surface area contributed by atoms with Gasteiger partial charge in [0.25, 0.3) is 0 Å². The summed E-state index contributed by atoms with van der Waals surface area (Å²) in [5, 5.41) is 0.765. The zero-order chi connectivity index (χ0) is 15.6. The third kappa shape index (κ3) is 4.41. The molecule has 1 aliphatic heterocycles. The van der Waals surface area contributed by atoms with Crippen molar-refractivity contribution in [3.05, 3.63) is 17.6 Å². The number of carbonyl (C=O) groups excluding carboxylic acids is 1. The first-order valence-electron chi connectivity index (χ1n) is 6.68. The van der Waals surface area contributed by atoms with Gasteiger partial charge in [0.15, 0.2) is 9.84 Å². The summed E-state index contributed by atoms with van der Waals surface area (Å²) in [7, 11) is -1.30. The van der Waals surface area contributed by atoms with E-state index < -0.39 is 9.84 Å². The maximum atomic E-state index is 12.2. The van der Waals surface area contributed by atoms with Gasteiger partial charge in [-0.1, -0.05) is 11.8 Å². The van der Waals surface area contributed by atoms with E-state index >= 15 is 0 Å². The lowest BCUT2D eigenvalue weighted by atomic mass is 10.2. The zero-order valence-corrected chi connectivity index (χ0v) is 14.0. The van der Waals surface area contributed by atoms with E-state index in [0.29, 0.717) is 12.2 Å². The lowest BCUT2D eigenvalue weighted by molar-refractivity contribution is -0.128. The second-order valence-corrected chi connectivity index (χ2v) is 8.47. The molecule has 6 nitrogen and oxygen atoms in total. The van der Waals surface area contributed by atoms with Crippen molar-refractivity contribution >= 4 is 27.5 Å². The summed E-state index contributed by atoms with van der Waals surface area (Å²) in [6, 6.07) is 1.64. The first-order valence-corrected chi connectivity index (χ1v) is 9.49. The average Bonchev–Trinajstić information content (AvgIpc) is 2.74. The predicted octanol–water partition coefficient (Wildman–Crippen LogP) is 0.831. The van der Waals surface area contributed by atoms with Crippen LogP contribution in [0.4, 0.5) is 0 Å². The Morgan fingerprint density at radius 1 is 1.43 bits per heavy atom. The molecule has 0 N–H and O–H groups in total. The Labute approximate surface area is 129 Å². The molecule has 1 aliphatic rings. The molecule has 0 spiro atoms. The number of nitrogens with zero attached hydrogens (tertiary/aromatic N) is 3. The summed E-state index contributed by atoms with van der Waals surface area (Å²) in [6.07, 6.45) is 0.529. The van der Waals surface area contributed by atoms with Gasteiger partial charge in [0, 0.05) is 18.8 Å². The van der Waals surface area contributed by atoms with Crippen LogP contribution in [-0.2, 0) is 14.6 Å². The monoisotopic (exact) mass is 329 g/mol. The quantitative estimate of drug-likeness (QED) is 0.601. The molecule has 1 aromatic heterocycles. The van der Waals surface area contributed by atoms with Gasteiger partial charge in [-0.05, 0) is 26.3 Å². The van der Waals surface area contributed by atoms with Crippen LogP contribution in [0.2, 0.25) is 0 Å². The van der Waals surface area contributed by atoms with Gasteiger partial charge in [-0.3, -0.25) is 4.79 Å². The van der Waals surface area contributed by atoms with Crippen LogP contribution in [0.1, 0.15) is 17.9 Å². The van der Waals surface area contributed by atoms with Crippen LogP contribution >= 0.6 is 11.8 Å². The van der Waals surface area contributed by atoms with Crippen LogP contribution in [0.15, 0.2) is 11.1 Å². The number of hydrogen-bond donors (Lipinski definition) is 0. The van der Waals surface area contributed by atoms with Crippen LogP contribution in [0.25, 0.3) is 0 Å². The molecule has 0 bridgehead atoms. The SMILES string of the molecule is Cc1cc(SCC(=O)N(C)C2CCS(=O)(=O)C2)nc(C)n1. The summed E-state index contributed by atoms with van der Waals surface area (Å²) in [4.78, 5) is 22.2. The third-order valence-electron chi connectivity index (χ3n) is 3.44. The summed E-state index contributed by atoms with van der Waals surface area (Å²) in [6.45, 7) is 3.70. The molecule has 2 heterocycles. The largest absolute Gasteiger partial charge is 0.341 e. The lowest BCUT2D eigenvalue weighted by Gasteiger charge is -2.23. The smallest absolute Gasteiger partial charge is 0.233 e. The Bertz CT molecular complexity index is 626. The molecule has 116 valence electrons. The summed E-state index contributed by atoms with van der Waals surface area (Å²) >= 11 is 1.35. The number of amides is 1. The average molecular weight is 329 g/mol. The van der Waals surface area contributed by atoms with E-state index in [1.54, 1.807) is 11.9 Å². The van der Waals surface area contributed by atoms with Gasteiger partial charge in [-0.15, -0.1) is 0 Å². The molecular formula is C13H19N3O3S2. The molecule has 1 saturated heterocycles. The normalized spacial score (nSPS) is 20.4. The molecule has 21 heavy (non-hydrogen) atoms. The van der Waals surface area contributed by atoms with Crippen molar-refractivity contribution in [3.63, 3.8) is 0 Å². The fourth-order valence-electron chi connectivity index (χ4n) is 2.28. The maximum absolute atomic E-state index is 12.2. The number of aromatic nitrogens is 2. The van der Waals surface area contributed by atoms with Crippen LogP contribution < -0.4 is 0 Å². The fourth-order valence-corrected chi connectivity index (χ4v) is 4.98. The molecule has 0 aromatic carbocycles. The highest BCUT2D eigenvalue weighted by molar-refractivity contribution is 7.99. The summed E-state index contributed by atoms with van der Waals surface area (Å²) < 4.78 is 22.9. The molecule has 0 aliphatic carbocycles. The lowest BCUT2D eigenvalue weighted by Crippen LogP contribution is -2.38. The van der Waals surface area contributed by atoms with Crippen molar-refractivity contribution in [3.8, 4) is 0 Å². The molecule has 1 aromatic rings. The van der Waals surface area contributed by atoms with Gasteiger partial charge >= 0.3 is 0 Å².